The Kier molecular flexibility index (Phi) is 3.08. The van der Waals surface area contributed by atoms with Gasteiger partial charge in [-0.25, -0.2) is 0 Å². The van der Waals surface area contributed by atoms with Crippen molar-refractivity contribution in [3.63, 3.8) is 0 Å². The summed E-state index contributed by atoms with van der Waals surface area (Å²) in [5.74, 6) is 0.897. The maximum atomic E-state index is 8.99. The average molecular weight is 192 g/mol. The zero-order chi connectivity index (χ0) is 9.97. The molecule has 2 aliphatic rings. The van der Waals surface area contributed by atoms with Crippen LogP contribution in [0.25, 0.3) is 0 Å². The van der Waals surface area contributed by atoms with Gasteiger partial charge in [-0.2, -0.15) is 5.26 Å². The summed E-state index contributed by atoms with van der Waals surface area (Å²) < 4.78 is 0. The molecule has 2 fully saturated rings. The second kappa shape index (κ2) is 4.31. The summed E-state index contributed by atoms with van der Waals surface area (Å²) in [5, 5.41) is 8.99. The SMILES string of the molecule is CC(C#N)N1CCCC2CCCCC21. The average Bonchev–Trinajstić information content (AvgIpc) is 2.27. The van der Waals surface area contributed by atoms with Crippen LogP contribution in [0.2, 0.25) is 0 Å². The Bertz CT molecular complexity index is 229. The third-order valence-electron chi connectivity index (χ3n) is 3.97. The smallest absolute Gasteiger partial charge is 0.0951 e. The van der Waals surface area contributed by atoms with Crippen LogP contribution >= 0.6 is 0 Å². The van der Waals surface area contributed by atoms with Crippen LogP contribution in [-0.4, -0.2) is 23.5 Å². The van der Waals surface area contributed by atoms with E-state index in [1.807, 2.05) is 0 Å². The number of rotatable bonds is 1. The Balaban J connectivity index is 2.05. The molecule has 1 saturated heterocycles. The van der Waals surface area contributed by atoms with Crippen molar-refractivity contribution in [1.29, 1.82) is 5.26 Å². The molecule has 2 nitrogen and oxygen atoms in total. The van der Waals surface area contributed by atoms with Crippen LogP contribution in [0.4, 0.5) is 0 Å². The van der Waals surface area contributed by atoms with Gasteiger partial charge in [0.2, 0.25) is 0 Å². The minimum Gasteiger partial charge on any atom is -0.285 e. The molecule has 2 heteroatoms. The number of nitrogens with zero attached hydrogens (tertiary/aromatic N) is 2. The van der Waals surface area contributed by atoms with Gasteiger partial charge in [0.15, 0.2) is 0 Å². The van der Waals surface area contributed by atoms with Gasteiger partial charge in [-0.3, -0.25) is 4.90 Å². The fourth-order valence-corrected chi connectivity index (χ4v) is 3.22. The predicted octanol–water partition coefficient (Wildman–Crippen LogP) is 2.55. The quantitative estimate of drug-likeness (QED) is 0.638. The van der Waals surface area contributed by atoms with Crippen LogP contribution in [0.5, 0.6) is 0 Å². The van der Waals surface area contributed by atoms with Crippen molar-refractivity contribution in [3.8, 4) is 6.07 Å². The maximum Gasteiger partial charge on any atom is 0.0951 e. The van der Waals surface area contributed by atoms with Gasteiger partial charge in [-0.1, -0.05) is 12.8 Å². The van der Waals surface area contributed by atoms with Crippen molar-refractivity contribution >= 4 is 0 Å². The summed E-state index contributed by atoms with van der Waals surface area (Å²) in [7, 11) is 0. The maximum absolute atomic E-state index is 8.99. The Hall–Kier alpha value is -0.550. The first-order valence-electron chi connectivity index (χ1n) is 5.98. The van der Waals surface area contributed by atoms with E-state index in [1.165, 1.54) is 38.5 Å². The molecule has 14 heavy (non-hydrogen) atoms. The largest absolute Gasteiger partial charge is 0.285 e. The molecule has 3 atom stereocenters. The molecule has 0 amide bonds. The standard InChI is InChI=1S/C12H20N2/c1-10(9-13)14-8-4-6-11-5-2-3-7-12(11)14/h10-12H,2-8H2,1H3. The highest BCUT2D eigenvalue weighted by Gasteiger charge is 2.35. The summed E-state index contributed by atoms with van der Waals surface area (Å²) in [6, 6.07) is 3.25. The number of hydrogen-bond acceptors (Lipinski definition) is 2. The van der Waals surface area contributed by atoms with Crippen molar-refractivity contribution in [3.05, 3.63) is 0 Å². The first kappa shape index (κ1) is 9.98. The Morgan fingerprint density at radius 2 is 1.93 bits per heavy atom. The molecule has 0 N–H and O–H groups in total. The summed E-state index contributed by atoms with van der Waals surface area (Å²) >= 11 is 0. The van der Waals surface area contributed by atoms with E-state index >= 15 is 0 Å². The van der Waals surface area contributed by atoms with E-state index in [0.717, 1.165) is 18.5 Å². The normalized spacial score (nSPS) is 35.7. The molecule has 0 spiro atoms. The number of fused-ring (bicyclic) bond motifs is 1. The van der Waals surface area contributed by atoms with Crippen molar-refractivity contribution in [2.24, 2.45) is 5.92 Å². The number of hydrogen-bond donors (Lipinski definition) is 0. The van der Waals surface area contributed by atoms with Crippen molar-refractivity contribution in [2.45, 2.75) is 57.5 Å². The number of piperidine rings is 1. The van der Waals surface area contributed by atoms with Gasteiger partial charge in [0.25, 0.3) is 0 Å². The molecule has 78 valence electrons. The van der Waals surface area contributed by atoms with Crippen LogP contribution in [0.15, 0.2) is 0 Å². The summed E-state index contributed by atoms with van der Waals surface area (Å²) in [6.07, 6.45) is 8.22. The van der Waals surface area contributed by atoms with Crippen LogP contribution in [-0.2, 0) is 0 Å². The molecule has 2 rings (SSSR count). The van der Waals surface area contributed by atoms with E-state index in [1.54, 1.807) is 0 Å². The second-order valence-electron chi connectivity index (χ2n) is 4.80. The van der Waals surface area contributed by atoms with E-state index in [0.29, 0.717) is 0 Å². The van der Waals surface area contributed by atoms with E-state index < -0.39 is 0 Å². The van der Waals surface area contributed by atoms with Crippen LogP contribution in [0.3, 0.4) is 0 Å². The van der Waals surface area contributed by atoms with Crippen LogP contribution < -0.4 is 0 Å². The van der Waals surface area contributed by atoms with Gasteiger partial charge in [0, 0.05) is 6.04 Å². The Labute approximate surface area is 86.9 Å². The molecule has 1 aliphatic heterocycles. The first-order valence-corrected chi connectivity index (χ1v) is 5.98. The van der Waals surface area contributed by atoms with E-state index in [4.69, 9.17) is 5.26 Å². The lowest BCUT2D eigenvalue weighted by Gasteiger charge is -2.45. The summed E-state index contributed by atoms with van der Waals surface area (Å²) in [6.45, 7) is 3.20. The molecule has 0 bridgehead atoms. The summed E-state index contributed by atoms with van der Waals surface area (Å²) in [4.78, 5) is 2.45. The number of nitriles is 1. The van der Waals surface area contributed by atoms with E-state index in [2.05, 4.69) is 17.9 Å². The Morgan fingerprint density at radius 1 is 1.21 bits per heavy atom. The molecule has 0 aromatic carbocycles. The van der Waals surface area contributed by atoms with Crippen LogP contribution in [0, 0.1) is 17.2 Å². The van der Waals surface area contributed by atoms with E-state index in [9.17, 15) is 0 Å². The fraction of sp³-hybridized carbons (Fsp3) is 0.917. The zero-order valence-electron chi connectivity index (χ0n) is 9.08. The zero-order valence-corrected chi connectivity index (χ0v) is 9.08. The van der Waals surface area contributed by atoms with Gasteiger partial charge < -0.3 is 0 Å². The fourth-order valence-electron chi connectivity index (χ4n) is 3.22. The molecule has 1 saturated carbocycles. The van der Waals surface area contributed by atoms with E-state index in [-0.39, 0.29) is 6.04 Å². The number of likely N-dealkylation sites (tertiary alicyclic amines) is 1. The van der Waals surface area contributed by atoms with Crippen molar-refractivity contribution in [2.75, 3.05) is 6.54 Å². The molecular weight excluding hydrogens is 172 g/mol. The topological polar surface area (TPSA) is 27.0 Å². The molecular formula is C12H20N2. The van der Waals surface area contributed by atoms with Crippen molar-refractivity contribution < 1.29 is 0 Å². The van der Waals surface area contributed by atoms with Crippen molar-refractivity contribution in [1.82, 2.24) is 4.90 Å². The van der Waals surface area contributed by atoms with Gasteiger partial charge in [0.1, 0.15) is 0 Å². The predicted molar refractivity (Wildman–Crippen MR) is 56.8 cm³/mol. The molecule has 0 aromatic heterocycles. The highest BCUT2D eigenvalue weighted by molar-refractivity contribution is 4.96. The minimum atomic E-state index is 0.126. The van der Waals surface area contributed by atoms with Crippen LogP contribution in [0.1, 0.15) is 45.4 Å². The molecule has 3 unspecified atom stereocenters. The minimum absolute atomic E-state index is 0.126. The third-order valence-corrected chi connectivity index (χ3v) is 3.97. The lowest BCUT2D eigenvalue weighted by atomic mass is 9.78. The van der Waals surface area contributed by atoms with Gasteiger partial charge in [0.05, 0.1) is 12.1 Å². The Morgan fingerprint density at radius 3 is 2.71 bits per heavy atom. The molecule has 1 aliphatic carbocycles. The highest BCUT2D eigenvalue weighted by atomic mass is 15.2. The second-order valence-corrected chi connectivity index (χ2v) is 4.80. The molecule has 0 aromatic rings. The lowest BCUT2D eigenvalue weighted by molar-refractivity contribution is 0.0473. The van der Waals surface area contributed by atoms with Gasteiger partial charge in [-0.05, 0) is 45.1 Å². The third kappa shape index (κ3) is 1.79. The molecule has 1 heterocycles. The lowest BCUT2D eigenvalue weighted by Crippen LogP contribution is -2.50. The monoisotopic (exact) mass is 192 g/mol. The van der Waals surface area contributed by atoms with Gasteiger partial charge in [-0.15, -0.1) is 0 Å². The first-order chi connectivity index (χ1) is 6.83. The highest BCUT2D eigenvalue weighted by Crippen LogP contribution is 2.35. The molecule has 0 radical (unpaired) electrons. The van der Waals surface area contributed by atoms with Gasteiger partial charge >= 0.3 is 0 Å². The summed E-state index contributed by atoms with van der Waals surface area (Å²) in [5.41, 5.74) is 0.